The van der Waals surface area contributed by atoms with Crippen molar-refractivity contribution in [1.29, 1.82) is 0 Å². The predicted octanol–water partition coefficient (Wildman–Crippen LogP) is 2.70. The average Bonchev–Trinajstić information content (AvgIpc) is 2.45. The first kappa shape index (κ1) is 13.0. The molecule has 0 aliphatic heterocycles. The third kappa shape index (κ3) is 3.48. The fourth-order valence-electron chi connectivity index (χ4n) is 1.81. The molecule has 0 spiro atoms. The summed E-state index contributed by atoms with van der Waals surface area (Å²) in [6.07, 6.45) is 0. The summed E-state index contributed by atoms with van der Waals surface area (Å²) in [6.45, 7) is 2.80. The number of hydrogen-bond acceptors (Lipinski definition) is 3. The highest BCUT2D eigenvalue weighted by molar-refractivity contribution is 5.96. The van der Waals surface area contributed by atoms with Gasteiger partial charge in [0.2, 0.25) is 0 Å². The van der Waals surface area contributed by atoms with Gasteiger partial charge in [-0.15, -0.1) is 0 Å². The Bertz CT molecular complexity index is 576. The second kappa shape index (κ2) is 5.91. The van der Waals surface area contributed by atoms with E-state index in [-0.39, 0.29) is 5.84 Å². The van der Waals surface area contributed by atoms with E-state index in [9.17, 15) is 0 Å². The lowest BCUT2D eigenvalue weighted by molar-refractivity contribution is 0.318. The second-order valence-corrected chi connectivity index (χ2v) is 4.41. The zero-order valence-corrected chi connectivity index (χ0v) is 10.8. The van der Waals surface area contributed by atoms with Crippen molar-refractivity contribution < 1.29 is 5.21 Å². The van der Waals surface area contributed by atoms with Gasteiger partial charge in [0.25, 0.3) is 0 Å². The van der Waals surface area contributed by atoms with E-state index in [1.165, 1.54) is 5.56 Å². The molecule has 4 N–H and O–H groups in total. The van der Waals surface area contributed by atoms with Crippen molar-refractivity contribution in [2.75, 3.05) is 5.32 Å². The maximum Gasteiger partial charge on any atom is 0.170 e. The molecule has 98 valence electrons. The van der Waals surface area contributed by atoms with Gasteiger partial charge in [0.15, 0.2) is 5.84 Å². The molecule has 0 atom stereocenters. The summed E-state index contributed by atoms with van der Waals surface area (Å²) in [7, 11) is 0. The molecule has 0 unspecified atom stereocenters. The molecule has 0 saturated carbocycles. The Balaban J connectivity index is 2.00. The zero-order chi connectivity index (χ0) is 13.7. The molecular weight excluding hydrogens is 238 g/mol. The van der Waals surface area contributed by atoms with E-state index in [1.54, 1.807) is 0 Å². The Morgan fingerprint density at radius 1 is 1.21 bits per heavy atom. The van der Waals surface area contributed by atoms with Crippen LogP contribution in [0.25, 0.3) is 0 Å². The van der Waals surface area contributed by atoms with Crippen molar-refractivity contribution in [3.63, 3.8) is 0 Å². The topological polar surface area (TPSA) is 70.6 Å². The average molecular weight is 255 g/mol. The van der Waals surface area contributed by atoms with Gasteiger partial charge in [0, 0.05) is 17.8 Å². The fraction of sp³-hybridized carbons (Fsp3) is 0.133. The van der Waals surface area contributed by atoms with Crippen LogP contribution in [0.3, 0.4) is 0 Å². The Kier molecular flexibility index (Phi) is 4.03. The van der Waals surface area contributed by atoms with Crippen molar-refractivity contribution in [2.45, 2.75) is 13.5 Å². The highest BCUT2D eigenvalue weighted by Gasteiger charge is 1.99. The first-order valence-corrected chi connectivity index (χ1v) is 6.06. The van der Waals surface area contributed by atoms with Crippen LogP contribution in [-0.4, -0.2) is 11.0 Å². The minimum Gasteiger partial charge on any atom is -0.409 e. The highest BCUT2D eigenvalue weighted by atomic mass is 16.4. The molecule has 0 bridgehead atoms. The monoisotopic (exact) mass is 255 g/mol. The first-order valence-electron chi connectivity index (χ1n) is 6.06. The number of amidine groups is 1. The number of aryl methyl sites for hydroxylation is 1. The molecule has 2 aromatic rings. The van der Waals surface area contributed by atoms with Crippen molar-refractivity contribution in [3.05, 3.63) is 65.2 Å². The van der Waals surface area contributed by atoms with E-state index in [1.807, 2.05) is 36.4 Å². The Morgan fingerprint density at radius 2 is 1.95 bits per heavy atom. The van der Waals surface area contributed by atoms with Crippen LogP contribution in [-0.2, 0) is 6.54 Å². The quantitative estimate of drug-likeness (QED) is 0.340. The van der Waals surface area contributed by atoms with Gasteiger partial charge in [-0.2, -0.15) is 0 Å². The third-order valence-electron chi connectivity index (χ3n) is 2.87. The molecule has 0 aliphatic rings. The number of nitrogens with zero attached hydrogens (tertiary/aromatic N) is 1. The van der Waals surface area contributed by atoms with Gasteiger partial charge in [-0.1, -0.05) is 41.6 Å². The normalized spacial score (nSPS) is 11.3. The van der Waals surface area contributed by atoms with Crippen molar-refractivity contribution in [1.82, 2.24) is 0 Å². The molecule has 4 nitrogen and oxygen atoms in total. The summed E-state index contributed by atoms with van der Waals surface area (Å²) in [4.78, 5) is 0. The molecule has 2 aromatic carbocycles. The van der Waals surface area contributed by atoms with Crippen LogP contribution < -0.4 is 11.1 Å². The maximum atomic E-state index is 8.59. The van der Waals surface area contributed by atoms with Gasteiger partial charge >= 0.3 is 0 Å². The summed E-state index contributed by atoms with van der Waals surface area (Å²) in [5.74, 6) is 0.123. The van der Waals surface area contributed by atoms with Crippen LogP contribution in [0.1, 0.15) is 16.7 Å². The lowest BCUT2D eigenvalue weighted by Gasteiger charge is -2.08. The van der Waals surface area contributed by atoms with E-state index in [4.69, 9.17) is 10.9 Å². The lowest BCUT2D eigenvalue weighted by Crippen LogP contribution is -2.13. The summed E-state index contributed by atoms with van der Waals surface area (Å²) in [5, 5.41) is 14.9. The van der Waals surface area contributed by atoms with Gasteiger partial charge in [0.1, 0.15) is 0 Å². The summed E-state index contributed by atoms with van der Waals surface area (Å²) < 4.78 is 0. The van der Waals surface area contributed by atoms with Crippen molar-refractivity contribution in [2.24, 2.45) is 10.9 Å². The molecule has 0 aliphatic carbocycles. The van der Waals surface area contributed by atoms with E-state index in [2.05, 4.69) is 29.5 Å². The molecule has 0 fully saturated rings. The number of benzene rings is 2. The molecule has 2 rings (SSSR count). The van der Waals surface area contributed by atoms with Crippen LogP contribution >= 0.6 is 0 Å². The van der Waals surface area contributed by atoms with Gasteiger partial charge in [-0.3, -0.25) is 0 Å². The van der Waals surface area contributed by atoms with Crippen LogP contribution in [0.4, 0.5) is 5.69 Å². The first-order chi connectivity index (χ1) is 9.19. The van der Waals surface area contributed by atoms with E-state index in [0.29, 0.717) is 5.56 Å². The molecule has 0 heterocycles. The van der Waals surface area contributed by atoms with Gasteiger partial charge in [0.05, 0.1) is 0 Å². The molecule has 0 saturated heterocycles. The standard InChI is InChI=1S/C15H17N3O/c1-11-3-2-4-14(9-11)17-10-12-5-7-13(8-6-12)15(16)18-19/h2-9,17,19H,10H2,1H3,(H2,16,18). The van der Waals surface area contributed by atoms with Gasteiger partial charge in [-0.05, 0) is 30.2 Å². The maximum absolute atomic E-state index is 8.59. The molecule has 0 radical (unpaired) electrons. The minimum absolute atomic E-state index is 0.123. The molecule has 0 aromatic heterocycles. The van der Waals surface area contributed by atoms with Gasteiger partial charge in [-0.25, -0.2) is 0 Å². The second-order valence-electron chi connectivity index (χ2n) is 4.41. The molecule has 0 amide bonds. The van der Waals surface area contributed by atoms with Crippen molar-refractivity contribution in [3.8, 4) is 0 Å². The summed E-state index contributed by atoms with van der Waals surface area (Å²) in [6, 6.07) is 15.8. The Hall–Kier alpha value is -2.49. The number of hydrogen-bond donors (Lipinski definition) is 3. The minimum atomic E-state index is 0.123. The smallest absolute Gasteiger partial charge is 0.170 e. The third-order valence-corrected chi connectivity index (χ3v) is 2.87. The number of nitrogens with one attached hydrogen (secondary N) is 1. The largest absolute Gasteiger partial charge is 0.409 e. The number of oxime groups is 1. The molecular formula is C15H17N3O. The number of anilines is 1. The van der Waals surface area contributed by atoms with E-state index < -0.39 is 0 Å². The zero-order valence-electron chi connectivity index (χ0n) is 10.8. The van der Waals surface area contributed by atoms with E-state index >= 15 is 0 Å². The van der Waals surface area contributed by atoms with Crippen LogP contribution in [0.15, 0.2) is 53.7 Å². The predicted molar refractivity (Wildman–Crippen MR) is 77.5 cm³/mol. The Labute approximate surface area is 112 Å². The molecule has 4 heteroatoms. The number of nitrogens with two attached hydrogens (primary N) is 1. The Morgan fingerprint density at radius 3 is 2.58 bits per heavy atom. The highest BCUT2D eigenvalue weighted by Crippen LogP contribution is 2.12. The van der Waals surface area contributed by atoms with Gasteiger partial charge < -0.3 is 16.3 Å². The van der Waals surface area contributed by atoms with Crippen LogP contribution in [0.2, 0.25) is 0 Å². The van der Waals surface area contributed by atoms with Crippen molar-refractivity contribution >= 4 is 11.5 Å². The number of rotatable bonds is 4. The van der Waals surface area contributed by atoms with E-state index in [0.717, 1.165) is 17.8 Å². The lowest BCUT2D eigenvalue weighted by atomic mass is 10.1. The SMILES string of the molecule is Cc1cccc(NCc2ccc(C(N)=NO)cc2)c1. The summed E-state index contributed by atoms with van der Waals surface area (Å²) >= 11 is 0. The fourth-order valence-corrected chi connectivity index (χ4v) is 1.81. The van der Waals surface area contributed by atoms with Crippen LogP contribution in [0, 0.1) is 6.92 Å². The summed E-state index contributed by atoms with van der Waals surface area (Å²) in [5.41, 5.74) is 9.68. The van der Waals surface area contributed by atoms with Crippen LogP contribution in [0.5, 0.6) is 0 Å². The molecule has 19 heavy (non-hydrogen) atoms.